The number of carbonyl (C=O) groups excluding carboxylic acids is 2. The van der Waals surface area contributed by atoms with Crippen LogP contribution < -0.4 is 4.74 Å². The van der Waals surface area contributed by atoms with Gasteiger partial charge >= 0.3 is 0 Å². The van der Waals surface area contributed by atoms with Crippen LogP contribution >= 0.6 is 0 Å². The number of ketones is 1. The fraction of sp³-hybridized carbons (Fsp3) is 0.261. The van der Waals surface area contributed by atoms with Gasteiger partial charge < -0.3 is 14.6 Å². The van der Waals surface area contributed by atoms with E-state index in [1.165, 1.54) is 0 Å². The molecule has 1 amide bonds. The number of ether oxygens (including phenoxy) is 1. The molecule has 1 aromatic heterocycles. The van der Waals surface area contributed by atoms with Gasteiger partial charge in [-0.1, -0.05) is 24.3 Å². The molecule has 1 aliphatic rings. The third kappa shape index (κ3) is 3.92. The molecule has 1 atom stereocenters. The second-order valence-corrected chi connectivity index (χ2v) is 7.17. The van der Waals surface area contributed by atoms with Crippen LogP contribution in [0.15, 0.2) is 60.9 Å². The maximum absolute atomic E-state index is 13.1. The molecule has 4 rings (SSSR count). The lowest BCUT2D eigenvalue weighted by Crippen LogP contribution is -2.42. The number of para-hydroxylation sites is 1. The van der Waals surface area contributed by atoms with Crippen molar-refractivity contribution in [2.24, 2.45) is 5.92 Å². The van der Waals surface area contributed by atoms with E-state index in [4.69, 9.17) is 4.74 Å². The number of hydrogen-bond acceptors (Lipinski definition) is 4. The molecule has 2 aromatic carbocycles. The molecule has 0 bridgehead atoms. The van der Waals surface area contributed by atoms with Gasteiger partial charge in [-0.2, -0.15) is 0 Å². The lowest BCUT2D eigenvalue weighted by molar-refractivity contribution is 0.0636. The van der Waals surface area contributed by atoms with E-state index in [0.717, 1.165) is 24.2 Å². The highest BCUT2D eigenvalue weighted by Gasteiger charge is 2.30. The highest BCUT2D eigenvalue weighted by Crippen LogP contribution is 2.27. The molecule has 29 heavy (non-hydrogen) atoms. The Morgan fingerprint density at radius 1 is 1.17 bits per heavy atom. The fourth-order valence-electron chi connectivity index (χ4n) is 3.85. The van der Waals surface area contributed by atoms with E-state index in [-0.39, 0.29) is 17.6 Å². The molecule has 0 spiro atoms. The van der Waals surface area contributed by atoms with Gasteiger partial charge in [-0.15, -0.1) is 0 Å². The molecule has 6 nitrogen and oxygen atoms in total. The van der Waals surface area contributed by atoms with Crippen molar-refractivity contribution in [1.82, 2.24) is 14.9 Å². The van der Waals surface area contributed by atoms with Gasteiger partial charge in [-0.25, -0.2) is 4.98 Å². The summed E-state index contributed by atoms with van der Waals surface area (Å²) in [5.41, 5.74) is 2.04. The highest BCUT2D eigenvalue weighted by atomic mass is 16.5. The van der Waals surface area contributed by atoms with Gasteiger partial charge in [-0.05, 0) is 37.1 Å². The first-order valence-electron chi connectivity index (χ1n) is 9.73. The third-order valence-corrected chi connectivity index (χ3v) is 5.33. The van der Waals surface area contributed by atoms with E-state index >= 15 is 0 Å². The number of hydrogen-bond donors (Lipinski definition) is 1. The average molecular weight is 389 g/mol. The van der Waals surface area contributed by atoms with Gasteiger partial charge in [0, 0.05) is 42.5 Å². The number of benzene rings is 2. The number of aromatic amines is 1. The lowest BCUT2D eigenvalue weighted by atomic mass is 9.89. The van der Waals surface area contributed by atoms with Crippen molar-refractivity contribution in [3.05, 3.63) is 72.1 Å². The molecule has 1 saturated heterocycles. The number of piperidine rings is 1. The molecule has 2 heterocycles. The van der Waals surface area contributed by atoms with E-state index in [1.54, 1.807) is 42.6 Å². The Bertz CT molecular complexity index is 1010. The minimum absolute atomic E-state index is 0.0317. The predicted octanol–water partition coefficient (Wildman–Crippen LogP) is 3.82. The van der Waals surface area contributed by atoms with E-state index in [2.05, 4.69) is 9.97 Å². The second-order valence-electron chi connectivity index (χ2n) is 7.17. The number of amides is 1. The van der Waals surface area contributed by atoms with Crippen molar-refractivity contribution < 1.29 is 14.3 Å². The smallest absolute Gasteiger partial charge is 0.253 e. The number of nitrogens with zero attached hydrogens (tertiary/aromatic N) is 2. The first-order valence-corrected chi connectivity index (χ1v) is 9.73. The molecule has 3 aromatic rings. The predicted molar refractivity (Wildman–Crippen MR) is 110 cm³/mol. The normalized spacial score (nSPS) is 16.4. The summed E-state index contributed by atoms with van der Waals surface area (Å²) >= 11 is 0. The van der Waals surface area contributed by atoms with Gasteiger partial charge in [0.25, 0.3) is 5.91 Å². The van der Waals surface area contributed by atoms with E-state index in [9.17, 15) is 9.59 Å². The molecule has 1 unspecified atom stereocenters. The Balaban J connectivity index is 1.52. The summed E-state index contributed by atoms with van der Waals surface area (Å²) in [4.78, 5) is 35.3. The Labute approximate surface area is 169 Å². The summed E-state index contributed by atoms with van der Waals surface area (Å²) in [5, 5.41) is 0. The number of carbonyl (C=O) groups is 2. The number of Topliss-reactive ketones (excluding diaryl/α,β-unsaturated/α-hetero) is 1. The van der Waals surface area contributed by atoms with Crippen molar-refractivity contribution in [2.45, 2.75) is 12.8 Å². The van der Waals surface area contributed by atoms with Crippen LogP contribution in [0.1, 0.15) is 33.6 Å². The number of aromatic nitrogens is 2. The fourth-order valence-corrected chi connectivity index (χ4v) is 3.85. The summed E-state index contributed by atoms with van der Waals surface area (Å²) in [6.45, 7) is 1.07. The summed E-state index contributed by atoms with van der Waals surface area (Å²) in [7, 11) is 1.56. The summed E-state index contributed by atoms with van der Waals surface area (Å²) in [6.07, 6.45) is 5.01. The SMILES string of the molecule is COc1ccccc1C(=O)C1CCCN(C(=O)c2cccc(-c3ncc[nH]3)c2)C1. The average Bonchev–Trinajstić information content (AvgIpc) is 3.33. The lowest BCUT2D eigenvalue weighted by Gasteiger charge is -2.32. The van der Waals surface area contributed by atoms with E-state index in [1.807, 2.05) is 30.3 Å². The molecular formula is C23H23N3O3. The molecule has 148 valence electrons. The van der Waals surface area contributed by atoms with Crippen LogP contribution in [-0.2, 0) is 0 Å². The van der Waals surface area contributed by atoms with Crippen LogP contribution in [0.25, 0.3) is 11.4 Å². The van der Waals surface area contributed by atoms with Crippen LogP contribution in [0.5, 0.6) is 5.75 Å². The molecular weight excluding hydrogens is 366 g/mol. The van der Waals surface area contributed by atoms with E-state index < -0.39 is 0 Å². The second kappa shape index (κ2) is 8.31. The van der Waals surface area contributed by atoms with Gasteiger partial charge in [0.1, 0.15) is 11.6 Å². The van der Waals surface area contributed by atoms with Crippen molar-refractivity contribution in [3.8, 4) is 17.1 Å². The maximum atomic E-state index is 13.1. The minimum Gasteiger partial charge on any atom is -0.496 e. The Morgan fingerprint density at radius 2 is 2.03 bits per heavy atom. The van der Waals surface area contributed by atoms with Crippen LogP contribution in [0.4, 0.5) is 0 Å². The van der Waals surface area contributed by atoms with E-state index in [0.29, 0.717) is 30.0 Å². The Kier molecular flexibility index (Phi) is 5.42. The van der Waals surface area contributed by atoms with Gasteiger partial charge in [0.05, 0.1) is 12.7 Å². The van der Waals surface area contributed by atoms with Crippen molar-refractivity contribution in [3.63, 3.8) is 0 Å². The molecule has 0 saturated carbocycles. The molecule has 1 aliphatic heterocycles. The summed E-state index contributed by atoms with van der Waals surface area (Å²) in [6, 6.07) is 14.7. The monoisotopic (exact) mass is 389 g/mol. The third-order valence-electron chi connectivity index (χ3n) is 5.33. The molecule has 0 radical (unpaired) electrons. The zero-order valence-corrected chi connectivity index (χ0v) is 16.3. The zero-order valence-electron chi connectivity index (χ0n) is 16.3. The number of H-pyrrole nitrogens is 1. The Morgan fingerprint density at radius 3 is 2.83 bits per heavy atom. The minimum atomic E-state index is -0.225. The van der Waals surface area contributed by atoms with Crippen molar-refractivity contribution >= 4 is 11.7 Å². The molecule has 6 heteroatoms. The molecule has 1 fully saturated rings. The standard InChI is InChI=1S/C23H23N3O3/c1-29-20-10-3-2-9-19(20)21(27)18-8-5-13-26(15-18)23(28)17-7-4-6-16(14-17)22-24-11-12-25-22/h2-4,6-7,9-12,14,18H,5,8,13,15H2,1H3,(H,24,25). The van der Waals surface area contributed by atoms with Crippen LogP contribution in [-0.4, -0.2) is 46.8 Å². The number of methoxy groups -OCH3 is 1. The summed E-state index contributed by atoms with van der Waals surface area (Å²) in [5.74, 6) is 1.05. The van der Waals surface area contributed by atoms with Crippen LogP contribution in [0.3, 0.4) is 0 Å². The largest absolute Gasteiger partial charge is 0.496 e. The number of imidazole rings is 1. The topological polar surface area (TPSA) is 75.3 Å². The quantitative estimate of drug-likeness (QED) is 0.673. The van der Waals surface area contributed by atoms with Crippen molar-refractivity contribution in [1.29, 1.82) is 0 Å². The number of likely N-dealkylation sites (tertiary alicyclic amines) is 1. The molecule has 1 N–H and O–H groups in total. The maximum Gasteiger partial charge on any atom is 0.253 e. The highest BCUT2D eigenvalue weighted by molar-refractivity contribution is 6.01. The van der Waals surface area contributed by atoms with Gasteiger partial charge in [0.15, 0.2) is 5.78 Å². The Hall–Kier alpha value is -3.41. The zero-order chi connectivity index (χ0) is 20.2. The van der Waals surface area contributed by atoms with Crippen molar-refractivity contribution in [2.75, 3.05) is 20.2 Å². The first kappa shape index (κ1) is 18.9. The van der Waals surface area contributed by atoms with Crippen LogP contribution in [0.2, 0.25) is 0 Å². The number of rotatable bonds is 5. The number of nitrogens with one attached hydrogen (secondary N) is 1. The van der Waals surface area contributed by atoms with Gasteiger partial charge in [0.2, 0.25) is 0 Å². The van der Waals surface area contributed by atoms with Gasteiger partial charge in [-0.3, -0.25) is 9.59 Å². The first-order chi connectivity index (χ1) is 14.2. The van der Waals surface area contributed by atoms with Crippen LogP contribution in [0, 0.1) is 5.92 Å². The molecule has 0 aliphatic carbocycles. The summed E-state index contributed by atoms with van der Waals surface area (Å²) < 4.78 is 5.34.